The number of aromatic nitrogens is 2. The van der Waals surface area contributed by atoms with Crippen molar-refractivity contribution in [2.45, 2.75) is 13.8 Å². The molecule has 2 aromatic heterocycles. The highest BCUT2D eigenvalue weighted by Crippen LogP contribution is 2.42. The van der Waals surface area contributed by atoms with Crippen LogP contribution in [0.4, 0.5) is 0 Å². The second-order valence-electron chi connectivity index (χ2n) is 11.3. The summed E-state index contributed by atoms with van der Waals surface area (Å²) in [5.74, 6) is 0. The van der Waals surface area contributed by atoms with Gasteiger partial charge in [-0.05, 0) is 79.1 Å². The molecule has 0 bridgehead atoms. The maximum Gasteiger partial charge on any atom is 0.0999 e. The molecule has 0 amide bonds. The smallest absolute Gasteiger partial charge is 0.0999 e. The van der Waals surface area contributed by atoms with Gasteiger partial charge < -0.3 is 9.13 Å². The Bertz CT molecular complexity index is 2550. The summed E-state index contributed by atoms with van der Waals surface area (Å²) in [7, 11) is 0. The highest BCUT2D eigenvalue weighted by atomic mass is 15.0. The Hall–Kier alpha value is -6.10. The average molecular weight is 563 g/mol. The van der Waals surface area contributed by atoms with Crippen molar-refractivity contribution in [2.24, 2.45) is 0 Å². The van der Waals surface area contributed by atoms with Crippen molar-refractivity contribution in [2.75, 3.05) is 0 Å². The van der Waals surface area contributed by atoms with Crippen LogP contribution in [-0.2, 0) is 0 Å². The van der Waals surface area contributed by atoms with Crippen LogP contribution in [-0.4, -0.2) is 9.13 Å². The molecule has 8 rings (SSSR count). The summed E-state index contributed by atoms with van der Waals surface area (Å²) >= 11 is 0. The van der Waals surface area contributed by atoms with Crippen LogP contribution in [0.2, 0.25) is 0 Å². The van der Waals surface area contributed by atoms with Crippen LogP contribution in [0.25, 0.3) is 66.1 Å². The maximum absolute atomic E-state index is 10.8. The van der Waals surface area contributed by atoms with Crippen LogP contribution in [0, 0.1) is 36.5 Å². The van der Waals surface area contributed by atoms with E-state index in [4.69, 9.17) is 0 Å². The van der Waals surface area contributed by atoms with Gasteiger partial charge in [-0.15, -0.1) is 0 Å². The quantitative estimate of drug-likeness (QED) is 0.215. The average Bonchev–Trinajstić information content (AvgIpc) is 3.58. The molecule has 44 heavy (non-hydrogen) atoms. The minimum Gasteiger partial charge on any atom is -0.309 e. The van der Waals surface area contributed by atoms with E-state index in [1.54, 1.807) is 6.07 Å². The summed E-state index contributed by atoms with van der Waals surface area (Å²) in [5.41, 5.74) is 11.3. The Morgan fingerprint density at radius 2 is 1.09 bits per heavy atom. The van der Waals surface area contributed by atoms with Gasteiger partial charge in [-0.25, -0.2) is 0 Å². The summed E-state index contributed by atoms with van der Waals surface area (Å²) < 4.78 is 4.56. The molecule has 0 radical (unpaired) electrons. The third-order valence-electron chi connectivity index (χ3n) is 8.81. The number of hydrogen-bond acceptors (Lipinski definition) is 2. The molecule has 0 atom stereocenters. The minimum absolute atomic E-state index is 0.546. The van der Waals surface area contributed by atoms with Crippen molar-refractivity contribution in [3.8, 4) is 34.6 Å². The molecule has 0 aliphatic carbocycles. The van der Waals surface area contributed by atoms with E-state index in [0.717, 1.165) is 50.0 Å². The van der Waals surface area contributed by atoms with Gasteiger partial charge in [0, 0.05) is 32.8 Å². The van der Waals surface area contributed by atoms with Crippen molar-refractivity contribution in [3.05, 3.63) is 144 Å². The molecule has 0 aliphatic heterocycles. The largest absolute Gasteiger partial charge is 0.309 e. The molecule has 206 valence electrons. The van der Waals surface area contributed by atoms with Gasteiger partial charge in [0.1, 0.15) is 0 Å². The number of para-hydroxylation sites is 2. The van der Waals surface area contributed by atoms with E-state index in [2.05, 4.69) is 126 Å². The van der Waals surface area contributed by atoms with E-state index in [1.807, 2.05) is 24.3 Å². The number of rotatable bonds is 3. The number of benzene rings is 6. The fraction of sp³-hybridized carbons (Fsp3) is 0.0500. The summed E-state index contributed by atoms with van der Waals surface area (Å²) in [6, 6.07) is 46.3. The zero-order chi connectivity index (χ0) is 29.9. The lowest BCUT2D eigenvalue weighted by molar-refractivity contribution is 1.13. The highest BCUT2D eigenvalue weighted by molar-refractivity contribution is 6.12. The molecule has 0 saturated heterocycles. The topological polar surface area (TPSA) is 57.4 Å². The van der Waals surface area contributed by atoms with Crippen molar-refractivity contribution in [1.29, 1.82) is 10.5 Å². The van der Waals surface area contributed by atoms with Crippen LogP contribution >= 0.6 is 0 Å². The molecule has 4 heteroatoms. The molecule has 0 saturated carbocycles. The van der Waals surface area contributed by atoms with E-state index < -0.39 is 0 Å². The Morgan fingerprint density at radius 1 is 0.523 bits per heavy atom. The summed E-state index contributed by atoms with van der Waals surface area (Å²) in [4.78, 5) is 0. The number of hydrogen-bond donors (Lipinski definition) is 0. The van der Waals surface area contributed by atoms with E-state index in [0.29, 0.717) is 11.1 Å². The van der Waals surface area contributed by atoms with E-state index in [1.165, 1.54) is 27.3 Å². The second kappa shape index (κ2) is 9.73. The van der Waals surface area contributed by atoms with Gasteiger partial charge in [-0.1, -0.05) is 72.8 Å². The lowest BCUT2D eigenvalue weighted by atomic mass is 9.95. The van der Waals surface area contributed by atoms with Crippen LogP contribution in [0.5, 0.6) is 0 Å². The van der Waals surface area contributed by atoms with E-state index >= 15 is 0 Å². The van der Waals surface area contributed by atoms with Crippen LogP contribution < -0.4 is 0 Å². The van der Waals surface area contributed by atoms with Gasteiger partial charge in [-0.3, -0.25) is 0 Å². The zero-order valence-electron chi connectivity index (χ0n) is 24.3. The molecule has 4 nitrogen and oxygen atoms in total. The predicted molar refractivity (Wildman–Crippen MR) is 179 cm³/mol. The first kappa shape index (κ1) is 25.6. The number of nitriles is 2. The summed E-state index contributed by atoms with van der Waals surface area (Å²) in [6.45, 7) is 4.30. The molecule has 0 unspecified atom stereocenters. The maximum atomic E-state index is 10.8. The van der Waals surface area contributed by atoms with Crippen molar-refractivity contribution >= 4 is 43.6 Å². The Labute approximate surface area is 254 Å². The Morgan fingerprint density at radius 3 is 1.73 bits per heavy atom. The fourth-order valence-corrected chi connectivity index (χ4v) is 6.99. The van der Waals surface area contributed by atoms with Crippen LogP contribution in [0.3, 0.4) is 0 Å². The molecule has 2 heterocycles. The Balaban J connectivity index is 1.58. The fourth-order valence-electron chi connectivity index (χ4n) is 6.99. The molecular weight excluding hydrogens is 536 g/mol. The zero-order valence-corrected chi connectivity index (χ0v) is 24.3. The molecule has 8 aromatic rings. The molecule has 6 aromatic carbocycles. The Kier molecular flexibility index (Phi) is 5.66. The van der Waals surface area contributed by atoms with Crippen molar-refractivity contribution in [1.82, 2.24) is 9.13 Å². The third-order valence-corrected chi connectivity index (χ3v) is 8.81. The molecule has 0 fully saturated rings. The lowest BCUT2D eigenvalue weighted by Gasteiger charge is -2.19. The van der Waals surface area contributed by atoms with E-state index in [-0.39, 0.29) is 0 Å². The van der Waals surface area contributed by atoms with Gasteiger partial charge in [0.05, 0.1) is 51.0 Å². The predicted octanol–water partition coefficient (Wildman–Crippen LogP) is 9.91. The lowest BCUT2D eigenvalue weighted by Crippen LogP contribution is -2.04. The van der Waals surface area contributed by atoms with Crippen molar-refractivity contribution < 1.29 is 0 Å². The van der Waals surface area contributed by atoms with Gasteiger partial charge in [0.25, 0.3) is 0 Å². The summed E-state index contributed by atoms with van der Waals surface area (Å²) in [6.07, 6.45) is 0. The molecule has 0 spiro atoms. The normalized spacial score (nSPS) is 11.4. The van der Waals surface area contributed by atoms with Crippen molar-refractivity contribution in [3.63, 3.8) is 0 Å². The van der Waals surface area contributed by atoms with Gasteiger partial charge in [0.15, 0.2) is 0 Å². The van der Waals surface area contributed by atoms with Gasteiger partial charge in [0.2, 0.25) is 0 Å². The first-order valence-electron chi connectivity index (χ1n) is 14.7. The third kappa shape index (κ3) is 3.62. The number of fused-ring (bicyclic) bond motifs is 6. The van der Waals surface area contributed by atoms with Crippen LogP contribution in [0.1, 0.15) is 22.3 Å². The molecule has 0 aliphatic rings. The molecule has 0 N–H and O–H groups in total. The summed E-state index contributed by atoms with van der Waals surface area (Å²) in [5, 5.41) is 25.3. The second-order valence-corrected chi connectivity index (χ2v) is 11.3. The first-order valence-corrected chi connectivity index (χ1v) is 14.7. The first-order chi connectivity index (χ1) is 21.6. The monoisotopic (exact) mass is 562 g/mol. The van der Waals surface area contributed by atoms with Gasteiger partial charge in [-0.2, -0.15) is 10.5 Å². The SMILES string of the molecule is Cc1cccc2c1c1ccccc1n2-c1cc(C#N)c(-c2cccc(C#N)c2)c(-n2c3ccccc3c3c(C)cccc32)c1. The van der Waals surface area contributed by atoms with E-state index in [9.17, 15) is 10.5 Å². The number of nitrogens with zero attached hydrogens (tertiary/aromatic N) is 4. The standard InChI is InChI=1S/C40H26N4/c1-25-10-7-18-35-38(25)31-14-3-5-16-33(31)43(35)30-21-29(24-42)40(28-13-9-12-27(20-28)23-41)37(22-30)44-34-17-6-4-15-32(34)39-26(2)11-8-19-36(39)44/h3-22H,1-2H3. The highest BCUT2D eigenvalue weighted by Gasteiger charge is 2.22. The van der Waals surface area contributed by atoms with Crippen LogP contribution in [0.15, 0.2) is 121 Å². The minimum atomic E-state index is 0.546. The van der Waals surface area contributed by atoms with Gasteiger partial charge >= 0.3 is 0 Å². The number of aryl methyl sites for hydroxylation is 2. The molecular formula is C40H26N4.